The van der Waals surface area contributed by atoms with E-state index in [9.17, 15) is 14.4 Å². The van der Waals surface area contributed by atoms with Gasteiger partial charge in [0.2, 0.25) is 5.91 Å². The van der Waals surface area contributed by atoms with Gasteiger partial charge in [-0.05, 0) is 90.4 Å². The maximum absolute atomic E-state index is 13.1. The van der Waals surface area contributed by atoms with E-state index in [1.165, 1.54) is 32.1 Å². The summed E-state index contributed by atoms with van der Waals surface area (Å²) in [4.78, 5) is 37.3. The van der Waals surface area contributed by atoms with Crippen LogP contribution in [0.25, 0.3) is 11.1 Å². The van der Waals surface area contributed by atoms with E-state index in [1.807, 2.05) is 24.3 Å². The van der Waals surface area contributed by atoms with E-state index < -0.39 is 24.0 Å². The number of rotatable bonds is 9. The number of benzene rings is 2. The summed E-state index contributed by atoms with van der Waals surface area (Å²) in [5.41, 5.74) is 9.85. The SMILES string of the molecule is NC(=O)CC[C@H](NC(=O)OCC1c2ccccc2-c2ccccc21)C(=O)OCC1C2CC3CC(C2)CC1C3. The van der Waals surface area contributed by atoms with Crippen LogP contribution in [0.5, 0.6) is 0 Å². The van der Waals surface area contributed by atoms with Gasteiger partial charge in [0, 0.05) is 12.3 Å². The molecule has 2 amide bonds. The summed E-state index contributed by atoms with van der Waals surface area (Å²) < 4.78 is 11.4. The van der Waals surface area contributed by atoms with Crippen LogP contribution < -0.4 is 11.1 Å². The number of hydrogen-bond acceptors (Lipinski definition) is 5. The second-order valence-electron chi connectivity index (χ2n) is 11.8. The molecule has 0 unspecified atom stereocenters. The number of fused-ring (bicyclic) bond motifs is 3. The standard InChI is InChI=1S/C31H36N2O5/c32-29(34)10-9-28(30(35)37-16-26-20-12-18-11-19(14-20)15-21(26)13-18)33-31(36)38-17-27-24-7-3-1-5-22(24)23-6-2-4-8-25(23)27/h1-8,18-21,26-28H,9-17H2,(H2,32,34)(H,33,36)/t18?,19?,20?,21?,26?,28-/m0/s1. The molecule has 38 heavy (non-hydrogen) atoms. The van der Waals surface area contributed by atoms with Gasteiger partial charge in [-0.3, -0.25) is 4.79 Å². The molecule has 7 nitrogen and oxygen atoms in total. The van der Waals surface area contributed by atoms with Gasteiger partial charge in [-0.15, -0.1) is 0 Å². The molecule has 0 spiro atoms. The predicted octanol–water partition coefficient (Wildman–Crippen LogP) is 4.77. The molecule has 200 valence electrons. The average Bonchev–Trinajstić information content (AvgIpc) is 3.22. The molecule has 5 aliphatic rings. The number of carbonyl (C=O) groups excluding carboxylic acids is 3. The summed E-state index contributed by atoms with van der Waals surface area (Å²) in [5, 5.41) is 2.65. The summed E-state index contributed by atoms with van der Waals surface area (Å²) in [6, 6.07) is 15.3. The zero-order valence-electron chi connectivity index (χ0n) is 21.6. The number of carbonyl (C=O) groups is 3. The van der Waals surface area contributed by atoms with Gasteiger partial charge in [0.25, 0.3) is 0 Å². The normalized spacial score (nSPS) is 27.3. The molecule has 7 heteroatoms. The molecule has 0 heterocycles. The van der Waals surface area contributed by atoms with Crippen LogP contribution in [0.3, 0.4) is 0 Å². The molecule has 5 aliphatic carbocycles. The lowest BCUT2D eigenvalue weighted by molar-refractivity contribution is -0.152. The Morgan fingerprint density at radius 1 is 0.816 bits per heavy atom. The van der Waals surface area contributed by atoms with E-state index in [-0.39, 0.29) is 25.4 Å². The molecule has 4 saturated carbocycles. The van der Waals surface area contributed by atoms with Crippen LogP contribution in [-0.4, -0.2) is 37.2 Å². The Kier molecular flexibility index (Phi) is 6.85. The Morgan fingerprint density at radius 2 is 1.39 bits per heavy atom. The summed E-state index contributed by atoms with van der Waals surface area (Å²) >= 11 is 0. The van der Waals surface area contributed by atoms with E-state index >= 15 is 0 Å². The molecule has 4 bridgehead atoms. The van der Waals surface area contributed by atoms with Crippen molar-refractivity contribution in [3.63, 3.8) is 0 Å². The number of nitrogens with one attached hydrogen (secondary N) is 1. The Balaban J connectivity index is 1.07. The van der Waals surface area contributed by atoms with Crippen LogP contribution in [-0.2, 0) is 19.1 Å². The zero-order valence-corrected chi connectivity index (χ0v) is 21.6. The van der Waals surface area contributed by atoms with E-state index in [2.05, 4.69) is 29.6 Å². The quantitative estimate of drug-likeness (QED) is 0.467. The molecular weight excluding hydrogens is 480 g/mol. The summed E-state index contributed by atoms with van der Waals surface area (Å²) in [5.74, 6) is 2.24. The number of alkyl carbamates (subject to hydrolysis) is 1. The van der Waals surface area contributed by atoms with Crippen molar-refractivity contribution in [2.75, 3.05) is 13.2 Å². The van der Waals surface area contributed by atoms with Crippen molar-refractivity contribution in [3.8, 4) is 11.1 Å². The van der Waals surface area contributed by atoms with Crippen LogP contribution in [0.1, 0.15) is 62.0 Å². The van der Waals surface area contributed by atoms with Crippen molar-refractivity contribution in [1.82, 2.24) is 5.32 Å². The number of nitrogens with two attached hydrogens (primary N) is 1. The Labute approximate surface area is 223 Å². The summed E-state index contributed by atoms with van der Waals surface area (Å²) in [7, 11) is 0. The minimum Gasteiger partial charge on any atom is -0.464 e. The molecule has 0 aliphatic heterocycles. The van der Waals surface area contributed by atoms with E-state index in [0.717, 1.165) is 34.1 Å². The van der Waals surface area contributed by atoms with Gasteiger partial charge in [-0.2, -0.15) is 0 Å². The summed E-state index contributed by atoms with van der Waals surface area (Å²) in [6.07, 6.45) is 5.72. The molecule has 3 N–H and O–H groups in total. The van der Waals surface area contributed by atoms with Crippen molar-refractivity contribution < 1.29 is 23.9 Å². The van der Waals surface area contributed by atoms with Crippen LogP contribution in [0.4, 0.5) is 4.79 Å². The van der Waals surface area contributed by atoms with E-state index in [1.54, 1.807) is 0 Å². The third kappa shape index (κ3) is 4.91. The van der Waals surface area contributed by atoms with Crippen LogP contribution in [0, 0.1) is 29.6 Å². The van der Waals surface area contributed by atoms with Crippen molar-refractivity contribution in [3.05, 3.63) is 59.7 Å². The van der Waals surface area contributed by atoms with Gasteiger partial charge in [-0.1, -0.05) is 48.5 Å². The van der Waals surface area contributed by atoms with Gasteiger partial charge in [0.1, 0.15) is 12.6 Å². The van der Waals surface area contributed by atoms with Gasteiger partial charge in [0.05, 0.1) is 6.61 Å². The maximum atomic E-state index is 13.1. The largest absolute Gasteiger partial charge is 0.464 e. The first-order chi connectivity index (χ1) is 18.5. The maximum Gasteiger partial charge on any atom is 0.407 e. The lowest BCUT2D eigenvalue weighted by Gasteiger charge is -2.54. The van der Waals surface area contributed by atoms with Crippen LogP contribution in [0.15, 0.2) is 48.5 Å². The third-order valence-electron chi connectivity index (χ3n) is 9.44. The zero-order chi connectivity index (χ0) is 26.2. The fraction of sp³-hybridized carbons (Fsp3) is 0.516. The Hall–Kier alpha value is -3.35. The van der Waals surface area contributed by atoms with E-state index in [0.29, 0.717) is 24.4 Å². The van der Waals surface area contributed by atoms with Gasteiger partial charge in [-0.25, -0.2) is 9.59 Å². The molecular formula is C31H36N2O5. The van der Waals surface area contributed by atoms with Crippen molar-refractivity contribution in [2.45, 2.75) is 56.9 Å². The van der Waals surface area contributed by atoms with Gasteiger partial charge in [0.15, 0.2) is 0 Å². The molecule has 0 saturated heterocycles. The monoisotopic (exact) mass is 516 g/mol. The highest BCUT2D eigenvalue weighted by Crippen LogP contribution is 2.56. The molecule has 4 fully saturated rings. The first-order valence-electron chi connectivity index (χ1n) is 14.0. The summed E-state index contributed by atoms with van der Waals surface area (Å²) in [6.45, 7) is 0.526. The van der Waals surface area contributed by atoms with Gasteiger partial charge >= 0.3 is 12.1 Å². The number of esters is 1. The molecule has 2 aromatic carbocycles. The smallest absolute Gasteiger partial charge is 0.407 e. The lowest BCUT2D eigenvalue weighted by Crippen LogP contribution is -2.48. The number of ether oxygens (including phenoxy) is 2. The second-order valence-corrected chi connectivity index (χ2v) is 11.8. The topological polar surface area (TPSA) is 108 Å². The minimum absolute atomic E-state index is 0.0263. The Bertz CT molecular complexity index is 1150. The number of amides is 2. The first-order valence-corrected chi connectivity index (χ1v) is 14.0. The fourth-order valence-electron chi connectivity index (χ4n) is 7.91. The van der Waals surface area contributed by atoms with E-state index in [4.69, 9.17) is 15.2 Å². The highest BCUT2D eigenvalue weighted by atomic mass is 16.6. The number of hydrogen-bond donors (Lipinski definition) is 2. The third-order valence-corrected chi connectivity index (χ3v) is 9.44. The average molecular weight is 517 g/mol. The minimum atomic E-state index is -0.977. The van der Waals surface area contributed by atoms with Crippen LogP contribution in [0.2, 0.25) is 0 Å². The lowest BCUT2D eigenvalue weighted by atomic mass is 9.52. The molecule has 1 atom stereocenters. The molecule has 0 radical (unpaired) electrons. The second kappa shape index (κ2) is 10.4. The van der Waals surface area contributed by atoms with Crippen LogP contribution >= 0.6 is 0 Å². The molecule has 0 aromatic heterocycles. The molecule has 2 aromatic rings. The fourth-order valence-corrected chi connectivity index (χ4v) is 7.91. The first kappa shape index (κ1) is 25.0. The van der Waals surface area contributed by atoms with Crippen molar-refractivity contribution in [1.29, 1.82) is 0 Å². The highest BCUT2D eigenvalue weighted by Gasteiger charge is 2.48. The van der Waals surface area contributed by atoms with Crippen molar-refractivity contribution >= 4 is 18.0 Å². The predicted molar refractivity (Wildman–Crippen MR) is 142 cm³/mol. The Morgan fingerprint density at radius 3 is 1.97 bits per heavy atom. The molecule has 7 rings (SSSR count). The highest BCUT2D eigenvalue weighted by molar-refractivity contribution is 5.83. The van der Waals surface area contributed by atoms with Crippen molar-refractivity contribution in [2.24, 2.45) is 35.3 Å². The number of primary amides is 1. The van der Waals surface area contributed by atoms with Gasteiger partial charge < -0.3 is 20.5 Å².